The summed E-state index contributed by atoms with van der Waals surface area (Å²) in [5.41, 5.74) is 1.69. The van der Waals surface area contributed by atoms with Crippen molar-refractivity contribution in [2.24, 2.45) is 0 Å². The SMILES string of the molecule is O=C(NCc1csc(-c2ccccc2)n1)[C@H]1CSCN1S(=O)(=O)c1ccccc1F. The highest BCUT2D eigenvalue weighted by Crippen LogP contribution is 2.29. The number of benzene rings is 2. The molecule has 0 radical (unpaired) electrons. The lowest BCUT2D eigenvalue weighted by Gasteiger charge is -2.22. The topological polar surface area (TPSA) is 79.4 Å². The molecule has 10 heteroatoms. The van der Waals surface area contributed by atoms with Crippen LogP contribution < -0.4 is 5.32 Å². The molecule has 1 aliphatic heterocycles. The second kappa shape index (κ2) is 8.84. The van der Waals surface area contributed by atoms with Crippen molar-refractivity contribution < 1.29 is 17.6 Å². The zero-order valence-corrected chi connectivity index (χ0v) is 18.1. The number of carbonyl (C=O) groups is 1. The highest BCUT2D eigenvalue weighted by Gasteiger charge is 2.40. The van der Waals surface area contributed by atoms with Crippen molar-refractivity contribution in [3.05, 3.63) is 71.5 Å². The van der Waals surface area contributed by atoms with Crippen molar-refractivity contribution >= 4 is 39.0 Å². The third kappa shape index (κ3) is 4.27. The highest BCUT2D eigenvalue weighted by molar-refractivity contribution is 8.00. The Morgan fingerprint density at radius 3 is 2.67 bits per heavy atom. The largest absolute Gasteiger partial charge is 0.349 e. The number of sulfonamides is 1. The molecule has 1 amide bonds. The maximum absolute atomic E-state index is 14.1. The van der Waals surface area contributed by atoms with Gasteiger partial charge in [-0.1, -0.05) is 42.5 Å². The van der Waals surface area contributed by atoms with Crippen molar-refractivity contribution in [2.75, 3.05) is 11.6 Å². The van der Waals surface area contributed by atoms with E-state index < -0.39 is 32.7 Å². The summed E-state index contributed by atoms with van der Waals surface area (Å²) < 4.78 is 40.9. The average molecular weight is 464 g/mol. The van der Waals surface area contributed by atoms with Gasteiger partial charge in [0.1, 0.15) is 21.8 Å². The van der Waals surface area contributed by atoms with Gasteiger partial charge in [-0.25, -0.2) is 17.8 Å². The van der Waals surface area contributed by atoms with E-state index in [0.29, 0.717) is 11.4 Å². The third-order valence-electron chi connectivity index (χ3n) is 4.58. The Bertz CT molecular complexity index is 1150. The first-order valence-corrected chi connectivity index (χ1v) is 12.6. The molecule has 156 valence electrons. The van der Waals surface area contributed by atoms with Crippen LogP contribution >= 0.6 is 23.1 Å². The van der Waals surface area contributed by atoms with Gasteiger partial charge in [0.05, 0.1) is 18.1 Å². The minimum atomic E-state index is -4.12. The lowest BCUT2D eigenvalue weighted by molar-refractivity contribution is -0.124. The highest BCUT2D eigenvalue weighted by atomic mass is 32.2. The Morgan fingerprint density at radius 2 is 1.90 bits per heavy atom. The summed E-state index contributed by atoms with van der Waals surface area (Å²) in [6, 6.07) is 14.0. The summed E-state index contributed by atoms with van der Waals surface area (Å²) in [5, 5.41) is 5.47. The van der Waals surface area contributed by atoms with Gasteiger partial charge in [0.2, 0.25) is 15.9 Å². The molecule has 2 heterocycles. The summed E-state index contributed by atoms with van der Waals surface area (Å²) >= 11 is 2.79. The number of nitrogens with one attached hydrogen (secondary N) is 1. The van der Waals surface area contributed by atoms with Gasteiger partial charge >= 0.3 is 0 Å². The summed E-state index contributed by atoms with van der Waals surface area (Å²) in [5.74, 6) is -0.839. The minimum absolute atomic E-state index is 0.101. The second-order valence-electron chi connectivity index (χ2n) is 6.57. The number of aromatic nitrogens is 1. The molecule has 0 spiro atoms. The van der Waals surface area contributed by atoms with Crippen molar-refractivity contribution in [1.82, 2.24) is 14.6 Å². The van der Waals surface area contributed by atoms with Crippen LogP contribution in [0.25, 0.3) is 10.6 Å². The number of thioether (sulfide) groups is 1. The van der Waals surface area contributed by atoms with E-state index in [1.807, 2.05) is 35.7 Å². The Morgan fingerprint density at radius 1 is 1.17 bits per heavy atom. The number of thiazole rings is 1. The van der Waals surface area contributed by atoms with E-state index in [9.17, 15) is 17.6 Å². The van der Waals surface area contributed by atoms with Crippen molar-refractivity contribution in [3.8, 4) is 10.6 Å². The molecular weight excluding hydrogens is 445 g/mol. The van der Waals surface area contributed by atoms with Crippen molar-refractivity contribution in [2.45, 2.75) is 17.5 Å². The quantitative estimate of drug-likeness (QED) is 0.607. The fourth-order valence-electron chi connectivity index (χ4n) is 3.05. The molecule has 1 atom stereocenters. The maximum atomic E-state index is 14.1. The Balaban J connectivity index is 1.45. The molecule has 4 rings (SSSR count). The van der Waals surface area contributed by atoms with Crippen molar-refractivity contribution in [3.63, 3.8) is 0 Å². The van der Waals surface area contributed by atoms with Crippen LogP contribution in [-0.4, -0.2) is 41.3 Å². The van der Waals surface area contributed by atoms with Crippen LogP contribution in [-0.2, 0) is 21.4 Å². The zero-order chi connectivity index (χ0) is 21.1. The Kier molecular flexibility index (Phi) is 6.19. The maximum Gasteiger partial charge on any atom is 0.247 e. The standard InChI is InChI=1S/C20H18FN3O3S3/c21-16-8-4-5-9-18(16)30(26,27)24-13-28-12-17(24)19(25)22-10-15-11-29-20(23-15)14-6-2-1-3-7-14/h1-9,11,17H,10,12-13H2,(H,22,25)/t17-/m1/s1. The molecule has 1 saturated heterocycles. The first-order chi connectivity index (χ1) is 14.5. The molecule has 30 heavy (non-hydrogen) atoms. The summed E-state index contributed by atoms with van der Waals surface area (Å²) in [6.07, 6.45) is 0. The molecule has 1 fully saturated rings. The van der Waals surface area contributed by atoms with E-state index in [4.69, 9.17) is 0 Å². The van der Waals surface area contributed by atoms with Gasteiger partial charge in [-0.15, -0.1) is 23.1 Å². The van der Waals surface area contributed by atoms with Crippen LogP contribution in [0.5, 0.6) is 0 Å². The molecule has 0 aliphatic carbocycles. The zero-order valence-electron chi connectivity index (χ0n) is 15.7. The Hall–Kier alpha value is -2.27. The van der Waals surface area contributed by atoms with Crippen LogP contribution in [0.4, 0.5) is 4.39 Å². The number of hydrogen-bond donors (Lipinski definition) is 1. The molecule has 1 N–H and O–H groups in total. The van der Waals surface area contributed by atoms with E-state index in [0.717, 1.165) is 20.9 Å². The van der Waals surface area contributed by atoms with E-state index in [1.54, 1.807) is 0 Å². The van der Waals surface area contributed by atoms with E-state index >= 15 is 0 Å². The van der Waals surface area contributed by atoms with Gasteiger partial charge < -0.3 is 5.32 Å². The summed E-state index contributed by atoms with van der Waals surface area (Å²) in [7, 11) is -4.12. The summed E-state index contributed by atoms with van der Waals surface area (Å²) in [6.45, 7) is 0.191. The van der Waals surface area contributed by atoms with Gasteiger partial charge in [0.25, 0.3) is 0 Å². The van der Waals surface area contributed by atoms with Crippen LogP contribution in [0.2, 0.25) is 0 Å². The lowest BCUT2D eigenvalue weighted by atomic mass is 10.2. The fourth-order valence-corrected chi connectivity index (χ4v) is 7.09. The lowest BCUT2D eigenvalue weighted by Crippen LogP contribution is -2.47. The smallest absolute Gasteiger partial charge is 0.247 e. The molecule has 0 saturated carbocycles. The average Bonchev–Trinajstić information content (AvgIpc) is 3.43. The number of amides is 1. The first-order valence-electron chi connectivity index (χ1n) is 9.08. The van der Waals surface area contributed by atoms with E-state index in [-0.39, 0.29) is 12.4 Å². The van der Waals surface area contributed by atoms with Crippen molar-refractivity contribution in [1.29, 1.82) is 0 Å². The molecule has 1 aliphatic rings. The summed E-state index contributed by atoms with van der Waals surface area (Å²) in [4.78, 5) is 16.8. The molecule has 0 bridgehead atoms. The van der Waals surface area contributed by atoms with Gasteiger partial charge in [-0.05, 0) is 12.1 Å². The number of carbonyl (C=O) groups excluding carboxylic acids is 1. The number of rotatable bonds is 6. The Labute approximate surface area is 182 Å². The van der Waals surface area contributed by atoms with Crippen LogP contribution in [0, 0.1) is 5.82 Å². The van der Waals surface area contributed by atoms with Gasteiger partial charge in [0.15, 0.2) is 0 Å². The molecule has 6 nitrogen and oxygen atoms in total. The van der Waals surface area contributed by atoms with E-state index in [2.05, 4.69) is 10.3 Å². The number of nitrogens with zero attached hydrogens (tertiary/aromatic N) is 2. The molecule has 3 aromatic rings. The minimum Gasteiger partial charge on any atom is -0.349 e. The van der Waals surface area contributed by atoms with Crippen LogP contribution in [0.1, 0.15) is 5.69 Å². The predicted molar refractivity (Wildman–Crippen MR) is 116 cm³/mol. The second-order valence-corrected chi connectivity index (χ2v) is 10.3. The van der Waals surface area contributed by atoms with Crippen LogP contribution in [0.15, 0.2) is 64.9 Å². The van der Waals surface area contributed by atoms with E-state index in [1.165, 1.54) is 41.3 Å². The molecule has 1 aromatic heterocycles. The molecule has 0 unspecified atom stereocenters. The third-order valence-corrected chi connectivity index (χ3v) is 8.59. The normalized spacial score (nSPS) is 17.2. The van der Waals surface area contributed by atoms with Crippen LogP contribution in [0.3, 0.4) is 0 Å². The predicted octanol–water partition coefficient (Wildman–Crippen LogP) is 3.33. The number of hydrogen-bond acceptors (Lipinski definition) is 6. The monoisotopic (exact) mass is 463 g/mol. The van der Waals surface area contributed by atoms with Gasteiger partial charge in [-0.3, -0.25) is 4.79 Å². The fraction of sp³-hybridized carbons (Fsp3) is 0.200. The van der Waals surface area contributed by atoms with Gasteiger partial charge in [0, 0.05) is 16.7 Å². The van der Waals surface area contributed by atoms with Gasteiger partial charge in [-0.2, -0.15) is 4.31 Å². The number of halogens is 1. The first kappa shape index (κ1) is 21.0. The molecular formula is C20H18FN3O3S3. The molecule has 2 aromatic carbocycles.